The van der Waals surface area contributed by atoms with Crippen LogP contribution in [-0.2, 0) is 10.5 Å². The summed E-state index contributed by atoms with van der Waals surface area (Å²) in [5, 5.41) is 2.81. The molecule has 0 aromatic heterocycles. The normalized spacial score (nSPS) is 12.2. The molecule has 3 nitrogen and oxygen atoms in total. The zero-order valence-electron chi connectivity index (χ0n) is 11.1. The number of aryl methyl sites for hydroxylation is 1. The lowest BCUT2D eigenvalue weighted by Gasteiger charge is -2.11. The van der Waals surface area contributed by atoms with Crippen LogP contribution < -0.4 is 11.1 Å². The Balaban J connectivity index is 2.24. The predicted molar refractivity (Wildman–Crippen MR) is 78.6 cm³/mol. The fourth-order valence-corrected chi connectivity index (χ4v) is 2.39. The van der Waals surface area contributed by atoms with Crippen molar-refractivity contribution in [1.29, 1.82) is 0 Å². The monoisotopic (exact) mass is 266 g/mol. The average molecular weight is 266 g/mol. The van der Waals surface area contributed by atoms with Crippen LogP contribution in [-0.4, -0.2) is 24.2 Å². The molecule has 1 aromatic rings. The highest BCUT2D eigenvalue weighted by Gasteiger charge is 2.12. The lowest BCUT2D eigenvalue weighted by molar-refractivity contribution is -0.121. The van der Waals surface area contributed by atoms with E-state index in [1.807, 2.05) is 6.92 Å². The SMILES string of the molecule is CCCNC(=O)[C@H](N)CSCc1ccc(C)cc1. The lowest BCUT2D eigenvalue weighted by atomic mass is 10.2. The summed E-state index contributed by atoms with van der Waals surface area (Å²) in [6.07, 6.45) is 0.939. The maximum absolute atomic E-state index is 11.5. The van der Waals surface area contributed by atoms with E-state index in [1.54, 1.807) is 11.8 Å². The van der Waals surface area contributed by atoms with E-state index in [9.17, 15) is 4.79 Å². The van der Waals surface area contributed by atoms with Gasteiger partial charge in [0.25, 0.3) is 0 Å². The summed E-state index contributed by atoms with van der Waals surface area (Å²) in [6, 6.07) is 8.02. The molecule has 0 radical (unpaired) electrons. The second-order valence-corrected chi connectivity index (χ2v) is 5.43. The van der Waals surface area contributed by atoms with Gasteiger partial charge in [0.1, 0.15) is 0 Å². The van der Waals surface area contributed by atoms with Crippen molar-refractivity contribution in [2.24, 2.45) is 5.73 Å². The molecular weight excluding hydrogens is 244 g/mol. The molecule has 18 heavy (non-hydrogen) atoms. The van der Waals surface area contributed by atoms with Crippen LogP contribution in [0.1, 0.15) is 24.5 Å². The second-order valence-electron chi connectivity index (χ2n) is 4.40. The van der Waals surface area contributed by atoms with Gasteiger partial charge >= 0.3 is 0 Å². The van der Waals surface area contributed by atoms with E-state index in [0.717, 1.165) is 12.2 Å². The van der Waals surface area contributed by atoms with Gasteiger partial charge in [-0.3, -0.25) is 4.79 Å². The van der Waals surface area contributed by atoms with E-state index in [4.69, 9.17) is 5.73 Å². The van der Waals surface area contributed by atoms with Crippen molar-refractivity contribution in [2.45, 2.75) is 32.1 Å². The smallest absolute Gasteiger partial charge is 0.237 e. The number of nitrogens with two attached hydrogens (primary N) is 1. The van der Waals surface area contributed by atoms with Crippen LogP contribution in [0.4, 0.5) is 0 Å². The van der Waals surface area contributed by atoms with Crippen molar-refractivity contribution in [3.05, 3.63) is 35.4 Å². The number of carbonyl (C=O) groups excluding carboxylic acids is 1. The van der Waals surface area contributed by atoms with Crippen molar-refractivity contribution in [3.8, 4) is 0 Å². The number of hydrogen-bond acceptors (Lipinski definition) is 3. The van der Waals surface area contributed by atoms with E-state index < -0.39 is 6.04 Å². The molecular formula is C14H22N2OS. The Morgan fingerprint density at radius 2 is 2.06 bits per heavy atom. The summed E-state index contributed by atoms with van der Waals surface area (Å²) in [6.45, 7) is 4.80. The molecule has 100 valence electrons. The van der Waals surface area contributed by atoms with Crippen molar-refractivity contribution in [3.63, 3.8) is 0 Å². The minimum absolute atomic E-state index is 0.0479. The predicted octanol–water partition coefficient (Wildman–Crippen LogP) is 2.08. The Bertz CT molecular complexity index is 365. The molecule has 0 bridgehead atoms. The number of benzene rings is 1. The van der Waals surface area contributed by atoms with E-state index in [1.165, 1.54) is 11.1 Å². The van der Waals surface area contributed by atoms with Gasteiger partial charge in [0.15, 0.2) is 0 Å². The van der Waals surface area contributed by atoms with Crippen molar-refractivity contribution < 1.29 is 4.79 Å². The zero-order valence-corrected chi connectivity index (χ0v) is 11.9. The van der Waals surface area contributed by atoms with Crippen molar-refractivity contribution in [2.75, 3.05) is 12.3 Å². The Labute approximate surface area is 114 Å². The molecule has 1 atom stereocenters. The highest BCUT2D eigenvalue weighted by atomic mass is 32.2. The molecule has 0 unspecified atom stereocenters. The fourth-order valence-electron chi connectivity index (χ4n) is 1.44. The minimum Gasteiger partial charge on any atom is -0.355 e. The first-order chi connectivity index (χ1) is 8.63. The summed E-state index contributed by atoms with van der Waals surface area (Å²) >= 11 is 1.70. The third kappa shape index (κ3) is 5.56. The van der Waals surface area contributed by atoms with Crippen LogP contribution in [0.5, 0.6) is 0 Å². The van der Waals surface area contributed by atoms with E-state index in [0.29, 0.717) is 12.3 Å². The van der Waals surface area contributed by atoms with Crippen molar-refractivity contribution >= 4 is 17.7 Å². The Kier molecular flexibility index (Phi) is 6.83. The second kappa shape index (κ2) is 8.16. The van der Waals surface area contributed by atoms with Gasteiger partial charge in [-0.25, -0.2) is 0 Å². The lowest BCUT2D eigenvalue weighted by Crippen LogP contribution is -2.42. The van der Waals surface area contributed by atoms with Gasteiger partial charge in [-0.05, 0) is 18.9 Å². The zero-order chi connectivity index (χ0) is 13.4. The molecule has 4 heteroatoms. The molecule has 0 saturated carbocycles. The third-order valence-electron chi connectivity index (χ3n) is 2.57. The minimum atomic E-state index is -0.410. The number of carbonyl (C=O) groups is 1. The van der Waals surface area contributed by atoms with Crippen LogP contribution in [0.2, 0.25) is 0 Å². The fraction of sp³-hybridized carbons (Fsp3) is 0.500. The van der Waals surface area contributed by atoms with Gasteiger partial charge in [-0.15, -0.1) is 0 Å². The molecule has 0 heterocycles. The van der Waals surface area contributed by atoms with Gasteiger partial charge in [-0.1, -0.05) is 36.8 Å². The van der Waals surface area contributed by atoms with Gasteiger partial charge in [0.05, 0.1) is 6.04 Å². The van der Waals surface area contributed by atoms with Crippen LogP contribution in [0.25, 0.3) is 0 Å². The first kappa shape index (κ1) is 15.1. The number of amides is 1. The summed E-state index contributed by atoms with van der Waals surface area (Å²) in [5.41, 5.74) is 8.35. The largest absolute Gasteiger partial charge is 0.355 e. The average Bonchev–Trinajstić information content (AvgIpc) is 2.38. The molecule has 1 amide bonds. The molecule has 1 aromatic carbocycles. The van der Waals surface area contributed by atoms with E-state index >= 15 is 0 Å². The van der Waals surface area contributed by atoms with Crippen LogP contribution in [0.3, 0.4) is 0 Å². The Morgan fingerprint density at radius 1 is 1.39 bits per heavy atom. The summed E-state index contributed by atoms with van der Waals surface area (Å²) in [5.74, 6) is 1.51. The number of hydrogen-bond donors (Lipinski definition) is 2. The molecule has 0 fully saturated rings. The number of nitrogens with one attached hydrogen (secondary N) is 1. The Morgan fingerprint density at radius 3 is 2.67 bits per heavy atom. The maximum atomic E-state index is 11.5. The topological polar surface area (TPSA) is 55.1 Å². The third-order valence-corrected chi connectivity index (χ3v) is 3.71. The molecule has 0 aliphatic rings. The number of thioether (sulfide) groups is 1. The number of rotatable bonds is 7. The van der Waals surface area contributed by atoms with Gasteiger partial charge < -0.3 is 11.1 Å². The molecule has 3 N–H and O–H groups in total. The highest BCUT2D eigenvalue weighted by molar-refractivity contribution is 7.98. The maximum Gasteiger partial charge on any atom is 0.237 e. The van der Waals surface area contributed by atoms with Crippen LogP contribution in [0.15, 0.2) is 24.3 Å². The standard InChI is InChI=1S/C14H22N2OS/c1-3-8-16-14(17)13(15)10-18-9-12-6-4-11(2)5-7-12/h4-7,13H,3,8-10,15H2,1-2H3,(H,16,17)/t13-/m1/s1. The molecule has 0 spiro atoms. The van der Waals surface area contributed by atoms with Gasteiger partial charge in [0.2, 0.25) is 5.91 Å². The van der Waals surface area contributed by atoms with Gasteiger partial charge in [-0.2, -0.15) is 11.8 Å². The highest BCUT2D eigenvalue weighted by Crippen LogP contribution is 2.13. The quantitative estimate of drug-likeness (QED) is 0.794. The van der Waals surface area contributed by atoms with Crippen LogP contribution in [0, 0.1) is 6.92 Å². The van der Waals surface area contributed by atoms with E-state index in [2.05, 4.69) is 36.5 Å². The summed E-state index contributed by atoms with van der Waals surface area (Å²) in [4.78, 5) is 11.5. The Hall–Kier alpha value is -1.00. The van der Waals surface area contributed by atoms with E-state index in [-0.39, 0.29) is 5.91 Å². The molecule has 0 aliphatic carbocycles. The first-order valence-electron chi connectivity index (χ1n) is 6.30. The summed E-state index contributed by atoms with van der Waals surface area (Å²) < 4.78 is 0. The first-order valence-corrected chi connectivity index (χ1v) is 7.45. The molecule has 0 aliphatic heterocycles. The van der Waals surface area contributed by atoms with Crippen LogP contribution >= 0.6 is 11.8 Å². The molecule has 0 saturated heterocycles. The van der Waals surface area contributed by atoms with Crippen molar-refractivity contribution in [1.82, 2.24) is 5.32 Å². The van der Waals surface area contributed by atoms with Gasteiger partial charge in [0, 0.05) is 18.1 Å². The molecule has 1 rings (SSSR count). The summed E-state index contributed by atoms with van der Waals surface area (Å²) in [7, 11) is 0.